The summed E-state index contributed by atoms with van der Waals surface area (Å²) in [6.07, 6.45) is 2.69. The molecule has 1 aliphatic rings. The molecule has 4 nitrogen and oxygen atoms in total. The van der Waals surface area contributed by atoms with Gasteiger partial charge in [0.1, 0.15) is 5.75 Å². The normalized spacial score (nSPS) is 13.9. The number of hydrogen-bond acceptors (Lipinski definition) is 3. The first kappa shape index (κ1) is 15.1. The summed E-state index contributed by atoms with van der Waals surface area (Å²) < 4.78 is 5.42. The standard InChI is InChI=1S/C14H15Cl2NO3/c1-2-17(11-3-4-11)13(19)8-20-14-9(7-18)5-10(15)6-12(14)16/h5-7,11H,2-4,8H2,1H3. The van der Waals surface area contributed by atoms with Crippen LogP contribution in [0.25, 0.3) is 0 Å². The summed E-state index contributed by atoms with van der Waals surface area (Å²) >= 11 is 11.8. The maximum atomic E-state index is 12.1. The summed E-state index contributed by atoms with van der Waals surface area (Å²) in [5.41, 5.74) is 0.241. The van der Waals surface area contributed by atoms with Crippen LogP contribution in [0.15, 0.2) is 12.1 Å². The van der Waals surface area contributed by atoms with Gasteiger partial charge in [0.2, 0.25) is 0 Å². The third kappa shape index (κ3) is 3.44. The number of benzene rings is 1. The lowest BCUT2D eigenvalue weighted by Crippen LogP contribution is -2.36. The fraction of sp³-hybridized carbons (Fsp3) is 0.429. The minimum Gasteiger partial charge on any atom is -0.481 e. The van der Waals surface area contributed by atoms with E-state index in [1.165, 1.54) is 12.1 Å². The maximum absolute atomic E-state index is 12.1. The van der Waals surface area contributed by atoms with Gasteiger partial charge in [-0.2, -0.15) is 0 Å². The number of aldehydes is 1. The molecule has 1 aromatic carbocycles. The number of ether oxygens (including phenoxy) is 1. The highest BCUT2D eigenvalue weighted by atomic mass is 35.5. The number of carbonyl (C=O) groups excluding carboxylic acids is 2. The first-order valence-corrected chi connectivity index (χ1v) is 7.19. The second-order valence-electron chi connectivity index (χ2n) is 4.62. The second-order valence-corrected chi connectivity index (χ2v) is 5.47. The molecule has 6 heteroatoms. The van der Waals surface area contributed by atoms with Crippen molar-refractivity contribution in [2.45, 2.75) is 25.8 Å². The van der Waals surface area contributed by atoms with Crippen LogP contribution < -0.4 is 4.74 Å². The molecule has 0 saturated heterocycles. The predicted molar refractivity (Wildman–Crippen MR) is 77.8 cm³/mol. The molecule has 1 amide bonds. The van der Waals surface area contributed by atoms with E-state index in [-0.39, 0.29) is 28.8 Å². The number of carbonyl (C=O) groups is 2. The van der Waals surface area contributed by atoms with Gasteiger partial charge in [0, 0.05) is 17.6 Å². The molecule has 0 heterocycles. The van der Waals surface area contributed by atoms with Gasteiger partial charge in [0.15, 0.2) is 12.9 Å². The van der Waals surface area contributed by atoms with Crippen LogP contribution in [0.2, 0.25) is 10.0 Å². The Bertz CT molecular complexity index is 529. The summed E-state index contributed by atoms with van der Waals surface area (Å²) in [7, 11) is 0. The first-order chi connectivity index (χ1) is 9.56. The fourth-order valence-corrected chi connectivity index (χ4v) is 2.63. The zero-order chi connectivity index (χ0) is 14.7. The second kappa shape index (κ2) is 6.46. The summed E-state index contributed by atoms with van der Waals surface area (Å²) in [5, 5.41) is 0.575. The zero-order valence-electron chi connectivity index (χ0n) is 11.1. The molecule has 0 bridgehead atoms. The summed E-state index contributed by atoms with van der Waals surface area (Å²) in [6, 6.07) is 3.27. The Kier molecular flexibility index (Phi) is 4.89. The maximum Gasteiger partial charge on any atom is 0.260 e. The Morgan fingerprint density at radius 3 is 2.70 bits per heavy atom. The molecule has 0 aliphatic heterocycles. The van der Waals surface area contributed by atoms with E-state index in [0.717, 1.165) is 12.8 Å². The largest absolute Gasteiger partial charge is 0.481 e. The third-order valence-corrected chi connectivity index (χ3v) is 3.65. The quantitative estimate of drug-likeness (QED) is 0.757. The molecule has 20 heavy (non-hydrogen) atoms. The lowest BCUT2D eigenvalue weighted by molar-refractivity contribution is -0.133. The Labute approximate surface area is 127 Å². The van der Waals surface area contributed by atoms with Gasteiger partial charge in [-0.3, -0.25) is 9.59 Å². The van der Waals surface area contributed by atoms with Crippen molar-refractivity contribution in [2.24, 2.45) is 0 Å². The number of halogens is 2. The zero-order valence-corrected chi connectivity index (χ0v) is 12.6. The Hall–Kier alpha value is -1.26. The average molecular weight is 316 g/mol. The van der Waals surface area contributed by atoms with Crippen molar-refractivity contribution in [1.29, 1.82) is 0 Å². The number of nitrogens with zero attached hydrogens (tertiary/aromatic N) is 1. The van der Waals surface area contributed by atoms with Crippen molar-refractivity contribution in [3.63, 3.8) is 0 Å². The molecule has 0 atom stereocenters. The van der Waals surface area contributed by atoms with Crippen LogP contribution in [0.3, 0.4) is 0 Å². The topological polar surface area (TPSA) is 46.6 Å². The smallest absolute Gasteiger partial charge is 0.260 e. The van der Waals surface area contributed by atoms with Gasteiger partial charge >= 0.3 is 0 Å². The predicted octanol–water partition coefficient (Wildman–Crippen LogP) is 3.20. The van der Waals surface area contributed by atoms with E-state index >= 15 is 0 Å². The van der Waals surface area contributed by atoms with Crippen LogP contribution in [-0.4, -0.2) is 36.3 Å². The Morgan fingerprint density at radius 2 is 2.15 bits per heavy atom. The molecule has 0 spiro atoms. The van der Waals surface area contributed by atoms with Crippen molar-refractivity contribution in [2.75, 3.05) is 13.2 Å². The molecule has 1 saturated carbocycles. The molecule has 0 unspecified atom stereocenters. The van der Waals surface area contributed by atoms with Gasteiger partial charge in [0.05, 0.1) is 10.6 Å². The molecule has 108 valence electrons. The minimum atomic E-state index is -0.132. The van der Waals surface area contributed by atoms with Gasteiger partial charge in [-0.05, 0) is 31.9 Å². The Morgan fingerprint density at radius 1 is 1.45 bits per heavy atom. The van der Waals surface area contributed by atoms with E-state index in [1.807, 2.05) is 6.92 Å². The van der Waals surface area contributed by atoms with Crippen LogP contribution in [0, 0.1) is 0 Å². The molecule has 1 aromatic rings. The number of amides is 1. The van der Waals surface area contributed by atoms with Crippen molar-refractivity contribution in [3.8, 4) is 5.75 Å². The number of hydrogen-bond donors (Lipinski definition) is 0. The fourth-order valence-electron chi connectivity index (χ4n) is 2.06. The molecule has 1 aliphatic carbocycles. The van der Waals surface area contributed by atoms with E-state index in [0.29, 0.717) is 23.9 Å². The molecule has 0 radical (unpaired) electrons. The van der Waals surface area contributed by atoms with Gasteiger partial charge in [-0.1, -0.05) is 23.2 Å². The van der Waals surface area contributed by atoms with E-state index < -0.39 is 0 Å². The van der Waals surface area contributed by atoms with Gasteiger partial charge < -0.3 is 9.64 Å². The number of rotatable bonds is 6. The SMILES string of the molecule is CCN(C(=O)COc1c(Cl)cc(Cl)cc1C=O)C1CC1. The summed E-state index contributed by atoms with van der Waals surface area (Å²) in [6.45, 7) is 2.45. The molecule has 1 fully saturated rings. The lowest BCUT2D eigenvalue weighted by Gasteiger charge is -2.20. The van der Waals surface area contributed by atoms with Gasteiger partial charge in [-0.25, -0.2) is 0 Å². The van der Waals surface area contributed by atoms with E-state index in [4.69, 9.17) is 27.9 Å². The lowest BCUT2D eigenvalue weighted by atomic mass is 10.2. The van der Waals surface area contributed by atoms with E-state index in [2.05, 4.69) is 0 Å². The highest BCUT2D eigenvalue weighted by molar-refractivity contribution is 6.36. The van der Waals surface area contributed by atoms with Crippen LogP contribution in [0.5, 0.6) is 5.75 Å². The first-order valence-electron chi connectivity index (χ1n) is 6.43. The average Bonchev–Trinajstić information content (AvgIpc) is 3.22. The van der Waals surface area contributed by atoms with Gasteiger partial charge in [-0.15, -0.1) is 0 Å². The highest BCUT2D eigenvalue weighted by Gasteiger charge is 2.31. The summed E-state index contributed by atoms with van der Waals surface area (Å²) in [5.74, 6) is 0.101. The monoisotopic (exact) mass is 315 g/mol. The van der Waals surface area contributed by atoms with Gasteiger partial charge in [0.25, 0.3) is 5.91 Å². The molecule has 2 rings (SSSR count). The third-order valence-electron chi connectivity index (χ3n) is 3.15. The molecule has 0 N–H and O–H groups in total. The van der Waals surface area contributed by atoms with Crippen molar-refractivity contribution in [1.82, 2.24) is 4.90 Å². The highest BCUT2D eigenvalue weighted by Crippen LogP contribution is 2.32. The van der Waals surface area contributed by atoms with E-state index in [1.54, 1.807) is 4.90 Å². The van der Waals surface area contributed by atoms with Crippen molar-refractivity contribution in [3.05, 3.63) is 27.7 Å². The molecule has 0 aromatic heterocycles. The van der Waals surface area contributed by atoms with Crippen LogP contribution in [-0.2, 0) is 4.79 Å². The van der Waals surface area contributed by atoms with Crippen LogP contribution in [0.4, 0.5) is 0 Å². The minimum absolute atomic E-state index is 0.0992. The van der Waals surface area contributed by atoms with Crippen molar-refractivity contribution >= 4 is 35.4 Å². The van der Waals surface area contributed by atoms with Crippen LogP contribution in [0.1, 0.15) is 30.1 Å². The van der Waals surface area contributed by atoms with Crippen molar-refractivity contribution < 1.29 is 14.3 Å². The molecular formula is C14H15Cl2NO3. The molecular weight excluding hydrogens is 301 g/mol. The Balaban J connectivity index is 2.06. The number of likely N-dealkylation sites (N-methyl/N-ethyl adjacent to an activating group) is 1. The van der Waals surface area contributed by atoms with E-state index in [9.17, 15) is 9.59 Å². The summed E-state index contributed by atoms with van der Waals surface area (Å²) in [4.78, 5) is 24.8. The van der Waals surface area contributed by atoms with Crippen LogP contribution >= 0.6 is 23.2 Å².